The van der Waals surface area contributed by atoms with Crippen LogP contribution in [0.4, 0.5) is 11.6 Å². The predicted molar refractivity (Wildman–Crippen MR) is 82.9 cm³/mol. The van der Waals surface area contributed by atoms with Crippen molar-refractivity contribution in [3.8, 4) is 0 Å². The Bertz CT molecular complexity index is 514. The van der Waals surface area contributed by atoms with Crippen LogP contribution in [0.5, 0.6) is 0 Å². The first-order valence-electron chi connectivity index (χ1n) is 6.95. The molecular formula is C14H19BrN4O. The number of aromatic nitrogens is 2. The van der Waals surface area contributed by atoms with Crippen molar-refractivity contribution in [2.75, 3.05) is 23.9 Å². The largest absolute Gasteiger partial charge is 0.381 e. The predicted octanol–water partition coefficient (Wildman–Crippen LogP) is 2.94. The fourth-order valence-corrected chi connectivity index (χ4v) is 3.31. The Kier molecular flexibility index (Phi) is 3.94. The first-order chi connectivity index (χ1) is 9.69. The third-order valence-electron chi connectivity index (χ3n) is 4.10. The van der Waals surface area contributed by atoms with Gasteiger partial charge in [-0.1, -0.05) is 6.58 Å². The molecule has 3 rings (SSSR count). The maximum atomic E-state index is 5.45. The molecule has 1 aliphatic heterocycles. The van der Waals surface area contributed by atoms with Crippen LogP contribution < -0.4 is 10.2 Å². The highest BCUT2D eigenvalue weighted by molar-refractivity contribution is 9.10. The average Bonchev–Trinajstić information content (AvgIpc) is 2.47. The zero-order valence-corrected chi connectivity index (χ0v) is 13.2. The number of hydrogen-bond donors (Lipinski definition) is 1. The molecule has 0 unspecified atom stereocenters. The van der Waals surface area contributed by atoms with Crippen molar-refractivity contribution in [2.24, 2.45) is 0 Å². The Morgan fingerprint density at radius 1 is 1.40 bits per heavy atom. The highest BCUT2D eigenvalue weighted by Gasteiger charge is 2.32. The fraction of sp³-hybridized carbons (Fsp3) is 0.571. The van der Waals surface area contributed by atoms with E-state index in [2.05, 4.69) is 42.7 Å². The monoisotopic (exact) mass is 338 g/mol. The van der Waals surface area contributed by atoms with Crippen molar-refractivity contribution in [3.05, 3.63) is 23.1 Å². The van der Waals surface area contributed by atoms with Crippen molar-refractivity contribution in [2.45, 2.75) is 37.8 Å². The van der Waals surface area contributed by atoms with E-state index in [1.807, 2.05) is 0 Å². The van der Waals surface area contributed by atoms with Gasteiger partial charge in [0, 0.05) is 18.8 Å². The van der Waals surface area contributed by atoms with Gasteiger partial charge in [-0.2, -0.15) is 0 Å². The van der Waals surface area contributed by atoms with Gasteiger partial charge in [-0.25, -0.2) is 9.97 Å². The Balaban J connectivity index is 1.86. The molecule has 1 saturated carbocycles. The molecule has 1 aromatic rings. The Labute approximate surface area is 127 Å². The molecule has 2 aliphatic rings. The summed E-state index contributed by atoms with van der Waals surface area (Å²) in [4.78, 5) is 11.2. The number of rotatable bonds is 2. The SMILES string of the molecule is C=C1CNc2ncc(Br)nc2N1[C@H]1CC[C@H](OC)CC1. The smallest absolute Gasteiger partial charge is 0.177 e. The maximum absolute atomic E-state index is 5.45. The van der Waals surface area contributed by atoms with Gasteiger partial charge >= 0.3 is 0 Å². The van der Waals surface area contributed by atoms with E-state index in [1.54, 1.807) is 13.3 Å². The highest BCUT2D eigenvalue weighted by Crippen LogP contribution is 2.36. The normalized spacial score (nSPS) is 26.1. The lowest BCUT2D eigenvalue weighted by atomic mass is 9.91. The van der Waals surface area contributed by atoms with E-state index >= 15 is 0 Å². The van der Waals surface area contributed by atoms with Crippen LogP contribution in [-0.2, 0) is 4.74 Å². The quantitative estimate of drug-likeness (QED) is 0.898. The molecule has 0 atom stereocenters. The van der Waals surface area contributed by atoms with Crippen molar-refractivity contribution in [1.82, 2.24) is 9.97 Å². The molecule has 20 heavy (non-hydrogen) atoms. The third kappa shape index (κ3) is 2.54. The van der Waals surface area contributed by atoms with E-state index in [0.717, 1.165) is 54.2 Å². The second-order valence-electron chi connectivity index (χ2n) is 5.32. The molecule has 1 fully saturated rings. The van der Waals surface area contributed by atoms with E-state index in [1.165, 1.54) is 0 Å². The summed E-state index contributed by atoms with van der Waals surface area (Å²) >= 11 is 3.40. The lowest BCUT2D eigenvalue weighted by Gasteiger charge is -2.41. The van der Waals surface area contributed by atoms with Crippen LogP contribution in [0.2, 0.25) is 0 Å². The standard InChI is InChI=1S/C14H19BrN4O/c1-9-7-16-13-14(18-12(15)8-17-13)19(9)10-3-5-11(20-2)6-4-10/h8,10-11H,1,3-7H2,2H3,(H,16,17)/t10-,11-. The number of ether oxygens (including phenoxy) is 1. The van der Waals surface area contributed by atoms with E-state index in [9.17, 15) is 0 Å². The lowest BCUT2D eigenvalue weighted by molar-refractivity contribution is 0.0660. The van der Waals surface area contributed by atoms with Crippen LogP contribution >= 0.6 is 15.9 Å². The van der Waals surface area contributed by atoms with Crippen molar-refractivity contribution >= 4 is 27.6 Å². The van der Waals surface area contributed by atoms with Crippen LogP contribution in [0.1, 0.15) is 25.7 Å². The molecule has 1 N–H and O–H groups in total. The summed E-state index contributed by atoms with van der Waals surface area (Å²) in [6.07, 6.45) is 6.51. The second-order valence-corrected chi connectivity index (χ2v) is 6.13. The Morgan fingerprint density at radius 2 is 2.15 bits per heavy atom. The summed E-state index contributed by atoms with van der Waals surface area (Å²) in [5.74, 6) is 1.73. The van der Waals surface area contributed by atoms with Crippen molar-refractivity contribution in [3.63, 3.8) is 0 Å². The summed E-state index contributed by atoms with van der Waals surface area (Å²) in [6, 6.07) is 0.443. The second kappa shape index (κ2) is 5.69. The summed E-state index contributed by atoms with van der Waals surface area (Å²) in [5.41, 5.74) is 1.06. The first-order valence-corrected chi connectivity index (χ1v) is 7.74. The number of halogens is 1. The number of fused-ring (bicyclic) bond motifs is 1. The number of hydrogen-bond acceptors (Lipinski definition) is 5. The zero-order chi connectivity index (χ0) is 14.1. The van der Waals surface area contributed by atoms with E-state index in [-0.39, 0.29) is 0 Å². The summed E-state index contributed by atoms with van der Waals surface area (Å²) in [6.45, 7) is 4.92. The van der Waals surface area contributed by atoms with Gasteiger partial charge < -0.3 is 15.0 Å². The lowest BCUT2D eigenvalue weighted by Crippen LogP contribution is -2.43. The molecule has 108 valence electrons. The molecule has 1 aromatic heterocycles. The Hall–Kier alpha value is -1.14. The van der Waals surface area contributed by atoms with E-state index < -0.39 is 0 Å². The Morgan fingerprint density at radius 3 is 2.85 bits per heavy atom. The zero-order valence-electron chi connectivity index (χ0n) is 11.6. The van der Waals surface area contributed by atoms with Crippen molar-refractivity contribution < 1.29 is 4.74 Å². The number of methoxy groups -OCH3 is 1. The van der Waals surface area contributed by atoms with Gasteiger partial charge in [0.15, 0.2) is 11.6 Å². The fourth-order valence-electron chi connectivity index (χ4n) is 3.04. The third-order valence-corrected chi connectivity index (χ3v) is 4.48. The molecule has 0 spiro atoms. The molecule has 6 heteroatoms. The summed E-state index contributed by atoms with van der Waals surface area (Å²) < 4.78 is 6.21. The minimum atomic E-state index is 0.399. The van der Waals surface area contributed by atoms with Gasteiger partial charge in [-0.05, 0) is 41.6 Å². The molecule has 2 heterocycles. The van der Waals surface area contributed by atoms with Crippen LogP contribution in [0, 0.1) is 0 Å². The van der Waals surface area contributed by atoms with Crippen LogP contribution in [0.3, 0.4) is 0 Å². The van der Waals surface area contributed by atoms with Gasteiger partial charge in [0.05, 0.1) is 18.8 Å². The van der Waals surface area contributed by atoms with Crippen LogP contribution in [-0.4, -0.2) is 35.8 Å². The molecule has 0 saturated heterocycles. The van der Waals surface area contributed by atoms with Gasteiger partial charge in [0.2, 0.25) is 0 Å². The molecule has 0 radical (unpaired) electrons. The van der Waals surface area contributed by atoms with Crippen LogP contribution in [0.25, 0.3) is 0 Å². The molecule has 5 nitrogen and oxygen atoms in total. The van der Waals surface area contributed by atoms with Gasteiger partial charge in [-0.3, -0.25) is 0 Å². The highest BCUT2D eigenvalue weighted by atomic mass is 79.9. The molecule has 0 amide bonds. The minimum Gasteiger partial charge on any atom is -0.381 e. The average molecular weight is 339 g/mol. The van der Waals surface area contributed by atoms with Gasteiger partial charge in [0.25, 0.3) is 0 Å². The molecule has 0 aromatic carbocycles. The van der Waals surface area contributed by atoms with E-state index in [4.69, 9.17) is 4.74 Å². The maximum Gasteiger partial charge on any atom is 0.177 e. The molecular weight excluding hydrogens is 320 g/mol. The number of nitrogens with zero attached hydrogens (tertiary/aromatic N) is 3. The minimum absolute atomic E-state index is 0.399. The molecule has 0 bridgehead atoms. The molecule has 1 aliphatic carbocycles. The van der Waals surface area contributed by atoms with E-state index in [0.29, 0.717) is 12.1 Å². The van der Waals surface area contributed by atoms with Crippen LogP contribution in [0.15, 0.2) is 23.1 Å². The number of nitrogens with one attached hydrogen (secondary N) is 1. The first kappa shape index (κ1) is 13.8. The summed E-state index contributed by atoms with van der Waals surface area (Å²) in [5, 5.41) is 3.27. The number of anilines is 2. The van der Waals surface area contributed by atoms with Gasteiger partial charge in [-0.15, -0.1) is 0 Å². The summed E-state index contributed by atoms with van der Waals surface area (Å²) in [7, 11) is 1.80. The van der Waals surface area contributed by atoms with Gasteiger partial charge in [0.1, 0.15) is 4.60 Å². The topological polar surface area (TPSA) is 50.3 Å². The van der Waals surface area contributed by atoms with Crippen molar-refractivity contribution in [1.29, 1.82) is 0 Å².